The molecule has 8 nitrogen and oxygen atoms in total. The second kappa shape index (κ2) is 7.15. The summed E-state index contributed by atoms with van der Waals surface area (Å²) in [6, 6.07) is 5.41. The second-order valence-corrected chi connectivity index (χ2v) is 16.1. The summed E-state index contributed by atoms with van der Waals surface area (Å²) >= 11 is 0.983. The lowest BCUT2D eigenvalue weighted by Gasteiger charge is -2.37. The van der Waals surface area contributed by atoms with E-state index >= 15 is 0 Å². The zero-order chi connectivity index (χ0) is 24.7. The Morgan fingerprint density at radius 1 is 1.15 bits per heavy atom. The topological polar surface area (TPSA) is 113 Å². The lowest BCUT2D eigenvalue weighted by atomic mass is 9.83. The molecule has 0 saturated carbocycles. The number of ether oxygens (including phenoxy) is 1. The molecule has 0 saturated heterocycles. The molecular formula is C24H28N4O4SSi. The van der Waals surface area contributed by atoms with Crippen molar-refractivity contribution in [3.63, 3.8) is 0 Å². The fourth-order valence-electron chi connectivity index (χ4n) is 4.71. The van der Waals surface area contributed by atoms with E-state index in [9.17, 15) is 15.5 Å². The lowest BCUT2D eigenvalue weighted by molar-refractivity contribution is -0.0720. The molecule has 1 aromatic carbocycles. The van der Waals surface area contributed by atoms with E-state index in [2.05, 4.69) is 48.7 Å². The predicted molar refractivity (Wildman–Crippen MR) is 132 cm³/mol. The normalized spacial score (nSPS) is 23.6. The molecule has 0 aliphatic carbocycles. The number of fused-ring (bicyclic) bond motifs is 6. The minimum Gasteiger partial charge on any atom is -0.494 e. The van der Waals surface area contributed by atoms with Gasteiger partial charge in [-0.3, -0.25) is 0 Å². The molecule has 2 bridgehead atoms. The summed E-state index contributed by atoms with van der Waals surface area (Å²) in [4.78, 5) is 0. The smallest absolute Gasteiger partial charge is 0.205 e. The highest BCUT2D eigenvalue weighted by Crippen LogP contribution is 2.62. The maximum atomic E-state index is 11.4. The van der Waals surface area contributed by atoms with Crippen molar-refractivity contribution in [3.05, 3.63) is 41.0 Å². The fraction of sp³-hybridized carbons (Fsp3) is 0.458. The van der Waals surface area contributed by atoms with Crippen LogP contribution in [-0.4, -0.2) is 38.5 Å². The highest BCUT2D eigenvalue weighted by molar-refractivity contribution is 7.00. The van der Waals surface area contributed by atoms with E-state index in [-0.39, 0.29) is 16.8 Å². The van der Waals surface area contributed by atoms with Crippen LogP contribution in [0, 0.1) is 11.3 Å². The molecule has 0 amide bonds. The molecule has 2 N–H and O–H groups in total. The van der Waals surface area contributed by atoms with Crippen molar-refractivity contribution < 1.29 is 19.4 Å². The highest BCUT2D eigenvalue weighted by atomic mass is 32.1. The van der Waals surface area contributed by atoms with Gasteiger partial charge in [-0.05, 0) is 49.3 Å². The Morgan fingerprint density at radius 2 is 1.82 bits per heavy atom. The van der Waals surface area contributed by atoms with Crippen LogP contribution in [0.5, 0.6) is 11.8 Å². The van der Waals surface area contributed by atoms with E-state index in [4.69, 9.17) is 9.16 Å². The van der Waals surface area contributed by atoms with E-state index in [0.29, 0.717) is 46.4 Å². The Morgan fingerprint density at radius 3 is 2.50 bits per heavy atom. The summed E-state index contributed by atoms with van der Waals surface area (Å²) in [5, 5.41) is 32.3. The zero-order valence-electron chi connectivity index (χ0n) is 20.1. The van der Waals surface area contributed by atoms with Crippen molar-refractivity contribution >= 4 is 31.1 Å². The molecule has 0 radical (unpaired) electrons. The van der Waals surface area contributed by atoms with Gasteiger partial charge in [0.1, 0.15) is 28.3 Å². The summed E-state index contributed by atoms with van der Waals surface area (Å²) < 4.78 is 22.8. The predicted octanol–water partition coefficient (Wildman–Crippen LogP) is 5.19. The maximum absolute atomic E-state index is 11.4. The van der Waals surface area contributed by atoms with Crippen LogP contribution in [0.2, 0.25) is 18.1 Å². The van der Waals surface area contributed by atoms with Crippen LogP contribution in [0.1, 0.15) is 50.8 Å². The Balaban J connectivity index is 1.58. The number of nitriles is 1. The molecule has 10 heteroatoms. The molecule has 2 aliphatic heterocycles. The van der Waals surface area contributed by atoms with Gasteiger partial charge in [0.15, 0.2) is 8.32 Å². The first-order chi connectivity index (χ1) is 15.9. The van der Waals surface area contributed by atoms with Crippen LogP contribution in [0.4, 0.5) is 0 Å². The number of hydrogen-bond acceptors (Lipinski definition) is 8. The third kappa shape index (κ3) is 3.01. The molecule has 4 heterocycles. The first-order valence-electron chi connectivity index (χ1n) is 11.2. The molecule has 2 aliphatic rings. The van der Waals surface area contributed by atoms with E-state index in [1.165, 1.54) is 4.57 Å². The van der Waals surface area contributed by atoms with E-state index in [1.807, 2.05) is 19.1 Å². The minimum absolute atomic E-state index is 0.0820. The first kappa shape index (κ1) is 23.0. The summed E-state index contributed by atoms with van der Waals surface area (Å²) in [6.45, 7) is 13.4. The van der Waals surface area contributed by atoms with Crippen molar-refractivity contribution in [2.75, 3.05) is 6.61 Å². The Bertz CT molecular complexity index is 1400. The SMILES string of the molecule is CC(C)(C)[Si](C)(C)OCC[C@@]12C=C[C@@](C)(O1)c1c2c(O)n(-c2ccc(C#N)c3nsnc23)c1O. The molecule has 2 aromatic heterocycles. The molecule has 178 valence electrons. The largest absolute Gasteiger partial charge is 0.494 e. The van der Waals surface area contributed by atoms with Crippen LogP contribution in [0.25, 0.3) is 16.7 Å². The molecular weight excluding hydrogens is 468 g/mol. The lowest BCUT2D eigenvalue weighted by Crippen LogP contribution is -2.41. The zero-order valence-corrected chi connectivity index (χ0v) is 21.9. The number of nitrogens with zero attached hydrogens (tertiary/aromatic N) is 4. The third-order valence-corrected chi connectivity index (χ3v) is 12.7. The molecule has 0 fully saturated rings. The Labute approximate surface area is 203 Å². The average molecular weight is 497 g/mol. The quantitative estimate of drug-likeness (QED) is 0.369. The number of aromatic nitrogens is 3. The van der Waals surface area contributed by atoms with Gasteiger partial charge in [0, 0.05) is 13.0 Å². The monoisotopic (exact) mass is 496 g/mol. The van der Waals surface area contributed by atoms with Crippen molar-refractivity contribution in [1.29, 1.82) is 5.26 Å². The number of hydrogen-bond donors (Lipinski definition) is 2. The number of benzene rings is 1. The second-order valence-electron chi connectivity index (χ2n) is 10.7. The van der Waals surface area contributed by atoms with Gasteiger partial charge in [-0.15, -0.1) is 0 Å². The van der Waals surface area contributed by atoms with Gasteiger partial charge in [-0.25, -0.2) is 4.57 Å². The summed E-state index contributed by atoms with van der Waals surface area (Å²) in [5.74, 6) is -0.211. The van der Waals surface area contributed by atoms with Gasteiger partial charge in [-0.2, -0.15) is 14.0 Å². The van der Waals surface area contributed by atoms with Crippen LogP contribution in [0.3, 0.4) is 0 Å². The molecule has 5 rings (SSSR count). The van der Waals surface area contributed by atoms with Gasteiger partial charge in [0.05, 0.1) is 34.1 Å². The van der Waals surface area contributed by atoms with Gasteiger partial charge in [0.25, 0.3) is 0 Å². The maximum Gasteiger partial charge on any atom is 0.205 e. The van der Waals surface area contributed by atoms with Crippen LogP contribution < -0.4 is 0 Å². The molecule has 2 atom stereocenters. The van der Waals surface area contributed by atoms with Gasteiger partial charge >= 0.3 is 0 Å². The average Bonchev–Trinajstić information content (AvgIpc) is 3.48. The number of rotatable bonds is 5. The summed E-state index contributed by atoms with van der Waals surface area (Å²) in [7, 11) is -1.96. The van der Waals surface area contributed by atoms with Gasteiger partial charge < -0.3 is 19.4 Å². The standard InChI is InChI=1S/C24H28N4O4SSi/c1-22(2,3)34(5,6)31-12-11-24-10-9-23(4,32-24)16-17(24)21(30)28(20(16)29)15-8-7-14(13-25)18-19(15)27-33-26-18/h7-10,29-30H,11-12H2,1-6H3/t23-,24-/m1/s1. The Kier molecular flexibility index (Phi) is 4.85. The Hall–Kier alpha value is -2.71. The van der Waals surface area contributed by atoms with Crippen LogP contribution in [0.15, 0.2) is 24.3 Å². The van der Waals surface area contributed by atoms with Crippen molar-refractivity contribution in [2.45, 2.75) is 63.5 Å². The fourth-order valence-corrected chi connectivity index (χ4v) is 6.33. The van der Waals surface area contributed by atoms with E-state index < -0.39 is 19.5 Å². The van der Waals surface area contributed by atoms with E-state index in [1.54, 1.807) is 12.1 Å². The summed E-state index contributed by atoms with van der Waals surface area (Å²) in [5.41, 5.74) is 1.07. The van der Waals surface area contributed by atoms with Crippen LogP contribution in [-0.2, 0) is 20.4 Å². The van der Waals surface area contributed by atoms with Crippen LogP contribution >= 0.6 is 11.7 Å². The highest BCUT2D eigenvalue weighted by Gasteiger charge is 2.58. The molecule has 0 spiro atoms. The molecule has 34 heavy (non-hydrogen) atoms. The minimum atomic E-state index is -1.96. The van der Waals surface area contributed by atoms with Crippen molar-refractivity contribution in [3.8, 4) is 23.5 Å². The molecule has 0 unspecified atom stereocenters. The van der Waals surface area contributed by atoms with Gasteiger partial charge in [0.2, 0.25) is 11.8 Å². The summed E-state index contributed by atoms with van der Waals surface area (Å²) in [6.07, 6.45) is 4.41. The third-order valence-electron chi connectivity index (χ3n) is 7.60. The first-order valence-corrected chi connectivity index (χ1v) is 14.9. The van der Waals surface area contributed by atoms with Gasteiger partial charge in [-0.1, -0.05) is 20.8 Å². The number of aromatic hydroxyl groups is 2. The molecule has 3 aromatic rings. The van der Waals surface area contributed by atoms with E-state index in [0.717, 1.165) is 11.7 Å². The van der Waals surface area contributed by atoms with Crippen molar-refractivity contribution in [2.24, 2.45) is 0 Å². The van der Waals surface area contributed by atoms with Crippen molar-refractivity contribution in [1.82, 2.24) is 13.3 Å².